The van der Waals surface area contributed by atoms with Gasteiger partial charge >= 0.3 is 0 Å². The van der Waals surface area contributed by atoms with Crippen LogP contribution in [0.3, 0.4) is 0 Å². The minimum absolute atomic E-state index is 0.000197. The van der Waals surface area contributed by atoms with Crippen LogP contribution in [-0.2, 0) is 16.0 Å². The van der Waals surface area contributed by atoms with Gasteiger partial charge < -0.3 is 10.6 Å². The van der Waals surface area contributed by atoms with Crippen molar-refractivity contribution in [2.75, 3.05) is 13.1 Å². The van der Waals surface area contributed by atoms with Gasteiger partial charge in [0, 0.05) is 13.1 Å². The topological polar surface area (TPSA) is 58.2 Å². The Morgan fingerprint density at radius 1 is 1.04 bits per heavy atom. The summed E-state index contributed by atoms with van der Waals surface area (Å²) in [6.07, 6.45) is 4.52. The summed E-state index contributed by atoms with van der Waals surface area (Å²) in [4.78, 5) is 23.9. The normalized spacial score (nSPS) is 19.2. The molecule has 2 atom stereocenters. The molecule has 2 rings (SSSR count). The maximum atomic E-state index is 12.8. The number of rotatable bonds is 9. The zero-order chi connectivity index (χ0) is 16.7. The number of halogens is 1. The van der Waals surface area contributed by atoms with Gasteiger partial charge in [-0.25, -0.2) is 4.39 Å². The Hall–Kier alpha value is -1.91. The highest BCUT2D eigenvalue weighted by atomic mass is 19.1. The molecule has 0 aromatic heterocycles. The van der Waals surface area contributed by atoms with Crippen molar-refractivity contribution in [3.8, 4) is 0 Å². The Bertz CT molecular complexity index is 530. The Morgan fingerprint density at radius 3 is 2.26 bits per heavy atom. The number of carbonyl (C=O) groups excluding carboxylic acids is 2. The van der Waals surface area contributed by atoms with Crippen LogP contribution in [0, 0.1) is 17.7 Å². The SMILES string of the molecule is CCCCCNC(=O)C1CC1C(=O)NCCc1ccc(F)cc1. The zero-order valence-corrected chi connectivity index (χ0v) is 13.6. The van der Waals surface area contributed by atoms with Crippen molar-refractivity contribution in [2.24, 2.45) is 11.8 Å². The van der Waals surface area contributed by atoms with Crippen LogP contribution in [0.4, 0.5) is 4.39 Å². The van der Waals surface area contributed by atoms with E-state index in [1.807, 2.05) is 0 Å². The number of hydrogen-bond acceptors (Lipinski definition) is 2. The van der Waals surface area contributed by atoms with E-state index in [4.69, 9.17) is 0 Å². The molecule has 0 heterocycles. The van der Waals surface area contributed by atoms with Crippen LogP contribution in [0.5, 0.6) is 0 Å². The number of amides is 2. The van der Waals surface area contributed by atoms with Crippen molar-refractivity contribution < 1.29 is 14.0 Å². The lowest BCUT2D eigenvalue weighted by atomic mass is 10.1. The van der Waals surface area contributed by atoms with Gasteiger partial charge in [-0.15, -0.1) is 0 Å². The molecule has 1 aliphatic carbocycles. The van der Waals surface area contributed by atoms with Gasteiger partial charge in [0.05, 0.1) is 11.8 Å². The molecule has 2 unspecified atom stereocenters. The van der Waals surface area contributed by atoms with E-state index in [-0.39, 0.29) is 29.5 Å². The van der Waals surface area contributed by atoms with E-state index in [2.05, 4.69) is 17.6 Å². The molecule has 23 heavy (non-hydrogen) atoms. The molecule has 0 bridgehead atoms. The molecule has 1 fully saturated rings. The second kappa shape index (κ2) is 8.65. The zero-order valence-electron chi connectivity index (χ0n) is 13.6. The summed E-state index contributed by atoms with van der Waals surface area (Å²) in [5.74, 6) is -0.666. The monoisotopic (exact) mass is 320 g/mol. The molecule has 2 amide bonds. The van der Waals surface area contributed by atoms with E-state index < -0.39 is 0 Å². The molecule has 4 nitrogen and oxygen atoms in total. The second-order valence-corrected chi connectivity index (χ2v) is 6.11. The molecule has 0 spiro atoms. The molecule has 0 saturated heterocycles. The summed E-state index contributed by atoms with van der Waals surface area (Å²) in [5, 5.41) is 5.75. The van der Waals surface area contributed by atoms with Gasteiger partial charge in [0.15, 0.2) is 0 Å². The van der Waals surface area contributed by atoms with Gasteiger partial charge in [-0.05, 0) is 37.0 Å². The average molecular weight is 320 g/mol. The summed E-state index contributed by atoms with van der Waals surface area (Å²) in [7, 11) is 0. The number of carbonyl (C=O) groups is 2. The minimum Gasteiger partial charge on any atom is -0.356 e. The third kappa shape index (κ3) is 5.66. The first-order valence-corrected chi connectivity index (χ1v) is 8.41. The second-order valence-electron chi connectivity index (χ2n) is 6.11. The van der Waals surface area contributed by atoms with Crippen LogP contribution in [0.15, 0.2) is 24.3 Å². The average Bonchev–Trinajstić information content (AvgIpc) is 3.34. The van der Waals surface area contributed by atoms with E-state index >= 15 is 0 Å². The molecule has 126 valence electrons. The van der Waals surface area contributed by atoms with Crippen molar-refractivity contribution >= 4 is 11.8 Å². The Labute approximate surface area is 136 Å². The predicted molar refractivity (Wildman–Crippen MR) is 87.2 cm³/mol. The maximum Gasteiger partial charge on any atom is 0.223 e. The van der Waals surface area contributed by atoms with Gasteiger partial charge in [-0.2, -0.15) is 0 Å². The van der Waals surface area contributed by atoms with Crippen LogP contribution in [0.1, 0.15) is 38.2 Å². The van der Waals surface area contributed by atoms with Gasteiger partial charge in [-0.3, -0.25) is 9.59 Å². The minimum atomic E-state index is -0.261. The predicted octanol–water partition coefficient (Wildman–Crippen LogP) is 2.43. The summed E-state index contributed by atoms with van der Waals surface area (Å²) >= 11 is 0. The first kappa shape index (κ1) is 17.4. The van der Waals surface area contributed by atoms with Gasteiger partial charge in [0.1, 0.15) is 5.82 Å². The van der Waals surface area contributed by atoms with Crippen molar-refractivity contribution in [3.63, 3.8) is 0 Å². The van der Waals surface area contributed by atoms with Crippen LogP contribution in [-0.4, -0.2) is 24.9 Å². The van der Waals surface area contributed by atoms with E-state index in [1.165, 1.54) is 12.1 Å². The highest BCUT2D eigenvalue weighted by molar-refractivity contribution is 5.92. The lowest BCUT2D eigenvalue weighted by molar-refractivity contribution is -0.127. The molecular formula is C18H25FN2O2. The summed E-state index contributed by atoms with van der Waals surface area (Å²) in [6, 6.07) is 6.25. The smallest absolute Gasteiger partial charge is 0.223 e. The molecule has 1 aliphatic rings. The van der Waals surface area contributed by atoms with Crippen LogP contribution >= 0.6 is 0 Å². The van der Waals surface area contributed by atoms with Crippen LogP contribution in [0.2, 0.25) is 0 Å². The standard InChI is InChI=1S/C18H25FN2O2/c1-2-3-4-10-20-17(22)15-12-16(15)18(23)21-11-9-13-5-7-14(19)8-6-13/h5-8,15-16H,2-4,9-12H2,1H3,(H,20,22)(H,21,23). The molecule has 1 aromatic rings. The third-order valence-corrected chi connectivity index (χ3v) is 4.17. The number of benzene rings is 1. The van der Waals surface area contributed by atoms with Crippen molar-refractivity contribution in [1.82, 2.24) is 10.6 Å². The summed E-state index contributed by atoms with van der Waals surface area (Å²) in [5.41, 5.74) is 0.979. The first-order valence-electron chi connectivity index (χ1n) is 8.41. The molecule has 0 aliphatic heterocycles. The molecule has 0 radical (unpaired) electrons. The highest BCUT2D eigenvalue weighted by Crippen LogP contribution is 2.38. The Morgan fingerprint density at radius 2 is 1.65 bits per heavy atom. The number of nitrogens with one attached hydrogen (secondary N) is 2. The quantitative estimate of drug-likeness (QED) is 0.687. The lowest BCUT2D eigenvalue weighted by Gasteiger charge is -2.06. The maximum absolute atomic E-state index is 12.8. The van der Waals surface area contributed by atoms with E-state index in [0.29, 0.717) is 25.9 Å². The van der Waals surface area contributed by atoms with E-state index in [1.54, 1.807) is 12.1 Å². The number of hydrogen-bond donors (Lipinski definition) is 2. The molecule has 2 N–H and O–H groups in total. The Kier molecular flexibility index (Phi) is 6.56. The van der Waals surface area contributed by atoms with Gasteiger partial charge in [0.2, 0.25) is 11.8 Å². The van der Waals surface area contributed by atoms with Gasteiger partial charge in [-0.1, -0.05) is 31.9 Å². The van der Waals surface area contributed by atoms with E-state index in [0.717, 1.165) is 24.8 Å². The fourth-order valence-corrected chi connectivity index (χ4v) is 2.60. The van der Waals surface area contributed by atoms with Gasteiger partial charge in [0.25, 0.3) is 0 Å². The molecular weight excluding hydrogens is 295 g/mol. The van der Waals surface area contributed by atoms with Crippen molar-refractivity contribution in [1.29, 1.82) is 0 Å². The van der Waals surface area contributed by atoms with Crippen molar-refractivity contribution in [2.45, 2.75) is 39.0 Å². The van der Waals surface area contributed by atoms with Crippen LogP contribution < -0.4 is 10.6 Å². The fourth-order valence-electron chi connectivity index (χ4n) is 2.60. The fraction of sp³-hybridized carbons (Fsp3) is 0.556. The summed E-state index contributed by atoms with van der Waals surface area (Å²) < 4.78 is 12.8. The molecule has 1 aromatic carbocycles. The van der Waals surface area contributed by atoms with Crippen LogP contribution in [0.25, 0.3) is 0 Å². The molecule has 5 heteroatoms. The first-order chi connectivity index (χ1) is 11.1. The highest BCUT2D eigenvalue weighted by Gasteiger charge is 2.47. The van der Waals surface area contributed by atoms with E-state index in [9.17, 15) is 14.0 Å². The largest absolute Gasteiger partial charge is 0.356 e. The van der Waals surface area contributed by atoms with Crippen molar-refractivity contribution in [3.05, 3.63) is 35.6 Å². The number of unbranched alkanes of at least 4 members (excludes halogenated alkanes) is 2. The molecule has 1 saturated carbocycles. The lowest BCUT2D eigenvalue weighted by Crippen LogP contribution is -2.31. The third-order valence-electron chi connectivity index (χ3n) is 4.17. The Balaban J connectivity index is 1.61. The summed E-state index contributed by atoms with van der Waals surface area (Å²) in [6.45, 7) is 3.32.